The highest BCUT2D eigenvalue weighted by atomic mass is 32.2. The Hall–Kier alpha value is -3.57. The number of ether oxygens (including phenoxy) is 3. The summed E-state index contributed by atoms with van der Waals surface area (Å²) in [6, 6.07) is 11.5. The molecule has 36 heavy (non-hydrogen) atoms. The van der Waals surface area contributed by atoms with Crippen LogP contribution in [0.5, 0.6) is 11.5 Å². The molecule has 0 saturated carbocycles. The van der Waals surface area contributed by atoms with Gasteiger partial charge in [0.15, 0.2) is 11.5 Å². The van der Waals surface area contributed by atoms with Crippen molar-refractivity contribution in [3.63, 3.8) is 0 Å². The van der Waals surface area contributed by atoms with Crippen molar-refractivity contribution >= 4 is 46.6 Å². The Kier molecular flexibility index (Phi) is 6.35. The van der Waals surface area contributed by atoms with Crippen LogP contribution < -0.4 is 19.2 Å². The molecular weight excluding hydrogens is 504 g/mol. The lowest BCUT2D eigenvalue weighted by atomic mass is 9.83. The van der Waals surface area contributed by atoms with Crippen molar-refractivity contribution < 1.29 is 28.6 Å². The Morgan fingerprint density at radius 2 is 1.72 bits per heavy atom. The number of esters is 1. The smallest absolute Gasteiger partial charge is 0.338 e. The van der Waals surface area contributed by atoms with E-state index in [1.807, 2.05) is 6.07 Å². The maximum atomic E-state index is 13.8. The van der Waals surface area contributed by atoms with E-state index in [0.717, 1.165) is 16.9 Å². The second-order valence-electron chi connectivity index (χ2n) is 8.14. The molecule has 0 spiro atoms. The zero-order valence-corrected chi connectivity index (χ0v) is 21.2. The Morgan fingerprint density at radius 1 is 1.00 bits per heavy atom. The van der Waals surface area contributed by atoms with Crippen LogP contribution in [-0.4, -0.2) is 48.8 Å². The largest absolute Gasteiger partial charge is 0.493 e. The molecule has 0 radical (unpaired) electrons. The number of carbonyl (C=O) groups is 3. The van der Waals surface area contributed by atoms with Crippen molar-refractivity contribution in [2.24, 2.45) is 5.92 Å². The first kappa shape index (κ1) is 24.1. The monoisotopic (exact) mass is 526 g/mol. The third-order valence-electron chi connectivity index (χ3n) is 6.23. The van der Waals surface area contributed by atoms with Gasteiger partial charge in [0.25, 0.3) is 0 Å². The van der Waals surface area contributed by atoms with Crippen LogP contribution in [0.1, 0.15) is 33.6 Å². The number of carbonyl (C=O) groups excluding carboxylic acids is 3. The molecule has 3 aromatic rings. The van der Waals surface area contributed by atoms with Gasteiger partial charge in [-0.05, 0) is 48.9 Å². The number of methoxy groups -OCH3 is 2. The predicted molar refractivity (Wildman–Crippen MR) is 134 cm³/mol. The van der Waals surface area contributed by atoms with E-state index < -0.39 is 23.1 Å². The van der Waals surface area contributed by atoms with E-state index in [0.29, 0.717) is 32.7 Å². The first-order valence-electron chi connectivity index (χ1n) is 11.1. The summed E-state index contributed by atoms with van der Waals surface area (Å²) in [6.07, 6.45) is 0. The van der Waals surface area contributed by atoms with E-state index in [9.17, 15) is 19.2 Å². The molecule has 1 saturated heterocycles. The Labute approximate surface area is 214 Å². The van der Waals surface area contributed by atoms with Gasteiger partial charge in [0.1, 0.15) is 5.25 Å². The van der Waals surface area contributed by atoms with E-state index in [-0.39, 0.29) is 23.3 Å². The van der Waals surface area contributed by atoms with Crippen molar-refractivity contribution in [3.05, 3.63) is 68.1 Å². The molecule has 11 heteroatoms. The zero-order chi connectivity index (χ0) is 25.6. The maximum absolute atomic E-state index is 13.8. The first-order valence-corrected chi connectivity index (χ1v) is 12.8. The number of amides is 2. The number of benzene rings is 2. The van der Waals surface area contributed by atoms with Gasteiger partial charge in [-0.1, -0.05) is 29.2 Å². The van der Waals surface area contributed by atoms with Crippen molar-refractivity contribution in [1.82, 2.24) is 4.98 Å². The van der Waals surface area contributed by atoms with E-state index in [4.69, 9.17) is 14.2 Å². The molecule has 9 nitrogen and oxygen atoms in total. The highest BCUT2D eigenvalue weighted by molar-refractivity contribution is 8.00. The molecule has 1 aromatic heterocycles. The summed E-state index contributed by atoms with van der Waals surface area (Å²) in [5, 5.41) is -0.134. The summed E-state index contributed by atoms with van der Waals surface area (Å²) in [4.78, 5) is 56.1. The van der Waals surface area contributed by atoms with Gasteiger partial charge in [-0.25, -0.2) is 9.69 Å². The maximum Gasteiger partial charge on any atom is 0.338 e. The van der Waals surface area contributed by atoms with Crippen LogP contribution in [0.3, 0.4) is 0 Å². The van der Waals surface area contributed by atoms with E-state index in [1.165, 1.54) is 43.0 Å². The number of imide groups is 1. The summed E-state index contributed by atoms with van der Waals surface area (Å²) >= 11 is 2.24. The van der Waals surface area contributed by atoms with Crippen LogP contribution >= 0.6 is 23.1 Å². The number of hydrogen-bond donors (Lipinski definition) is 1. The summed E-state index contributed by atoms with van der Waals surface area (Å²) in [5.74, 6) is -1.47. The normalized spacial score (nSPS) is 20.6. The third kappa shape index (κ3) is 3.88. The number of nitrogens with one attached hydrogen (secondary N) is 1. The number of aromatic amines is 1. The van der Waals surface area contributed by atoms with Gasteiger partial charge >= 0.3 is 10.8 Å². The first-order chi connectivity index (χ1) is 17.4. The van der Waals surface area contributed by atoms with Crippen molar-refractivity contribution in [2.45, 2.75) is 23.1 Å². The summed E-state index contributed by atoms with van der Waals surface area (Å²) in [6.45, 7) is 1.96. The van der Waals surface area contributed by atoms with Crippen molar-refractivity contribution in [1.29, 1.82) is 0 Å². The average Bonchev–Trinajstić information content (AvgIpc) is 3.38. The predicted octanol–water partition coefficient (Wildman–Crippen LogP) is 3.43. The molecular formula is C25H22N2O7S2. The molecule has 3 heterocycles. The summed E-state index contributed by atoms with van der Waals surface area (Å²) in [5.41, 5.74) is 1.44. The Balaban J connectivity index is 1.56. The highest BCUT2D eigenvalue weighted by Crippen LogP contribution is 2.53. The van der Waals surface area contributed by atoms with Crippen LogP contribution in [0.15, 0.2) is 52.3 Å². The number of nitrogens with zero attached hydrogens (tertiary/aromatic N) is 1. The topological polar surface area (TPSA) is 115 Å². The van der Waals surface area contributed by atoms with Crippen LogP contribution in [0.4, 0.5) is 5.69 Å². The molecule has 1 N–H and O–H groups in total. The fourth-order valence-electron chi connectivity index (χ4n) is 4.64. The number of thioether (sulfide) groups is 1. The number of rotatable bonds is 6. The molecule has 0 bridgehead atoms. The number of aromatic nitrogens is 1. The second-order valence-corrected chi connectivity index (χ2v) is 10.3. The minimum absolute atomic E-state index is 0.244. The summed E-state index contributed by atoms with van der Waals surface area (Å²) < 4.78 is 15.8. The lowest BCUT2D eigenvalue weighted by Gasteiger charge is -2.30. The van der Waals surface area contributed by atoms with Gasteiger partial charge in [-0.15, -0.1) is 0 Å². The third-order valence-corrected chi connectivity index (χ3v) is 8.63. The number of thiazole rings is 1. The Morgan fingerprint density at radius 3 is 2.39 bits per heavy atom. The fraction of sp³-hybridized carbons (Fsp3) is 0.280. The zero-order valence-electron chi connectivity index (χ0n) is 19.6. The molecule has 3 unspecified atom stereocenters. The molecule has 2 amide bonds. The highest BCUT2D eigenvalue weighted by Gasteiger charge is 2.56. The van der Waals surface area contributed by atoms with Gasteiger partial charge in [0, 0.05) is 10.8 Å². The molecule has 1 fully saturated rings. The lowest BCUT2D eigenvalue weighted by molar-refractivity contribution is -0.122. The summed E-state index contributed by atoms with van der Waals surface area (Å²) in [7, 11) is 3.05. The van der Waals surface area contributed by atoms with E-state index in [2.05, 4.69) is 4.98 Å². The molecule has 2 aliphatic heterocycles. The average molecular weight is 527 g/mol. The van der Waals surface area contributed by atoms with Crippen LogP contribution in [0.25, 0.3) is 0 Å². The van der Waals surface area contributed by atoms with Gasteiger partial charge in [0.05, 0.1) is 43.0 Å². The quantitative estimate of drug-likeness (QED) is 0.384. The van der Waals surface area contributed by atoms with Crippen molar-refractivity contribution in [3.8, 4) is 11.5 Å². The standard InChI is InChI=1S/C25H22N2O7S2/c1-4-34-24(30)12-5-8-14(9-6-12)27-22(28)18-17(13-7-10-15(32-2)16(11-13)33-3)19-21(26-25(31)36-19)35-20(18)23(27)29/h5-11,17-18,20H,4H2,1-3H3,(H,26,31). The van der Waals surface area contributed by atoms with Gasteiger partial charge < -0.3 is 19.2 Å². The molecule has 186 valence electrons. The van der Waals surface area contributed by atoms with Crippen LogP contribution in [-0.2, 0) is 14.3 Å². The molecule has 0 aliphatic carbocycles. The van der Waals surface area contributed by atoms with Gasteiger partial charge in [0.2, 0.25) is 11.8 Å². The lowest BCUT2D eigenvalue weighted by Crippen LogP contribution is -2.32. The number of H-pyrrole nitrogens is 1. The second kappa shape index (κ2) is 9.47. The Bertz CT molecular complexity index is 1410. The molecule has 2 aromatic carbocycles. The molecule has 3 atom stereocenters. The number of hydrogen-bond acceptors (Lipinski definition) is 9. The minimum Gasteiger partial charge on any atom is -0.493 e. The van der Waals surface area contributed by atoms with Crippen LogP contribution in [0, 0.1) is 5.92 Å². The van der Waals surface area contributed by atoms with Gasteiger partial charge in [-0.2, -0.15) is 0 Å². The number of fused-ring (bicyclic) bond motifs is 2. The van der Waals surface area contributed by atoms with Crippen LogP contribution in [0.2, 0.25) is 0 Å². The molecule has 5 rings (SSSR count). The molecule has 2 aliphatic rings. The van der Waals surface area contributed by atoms with Crippen molar-refractivity contribution in [2.75, 3.05) is 25.7 Å². The van der Waals surface area contributed by atoms with Gasteiger partial charge in [-0.3, -0.25) is 14.4 Å². The van der Waals surface area contributed by atoms with E-state index in [1.54, 1.807) is 31.2 Å². The number of anilines is 1. The minimum atomic E-state index is -0.732. The van der Waals surface area contributed by atoms with E-state index >= 15 is 0 Å². The fourth-order valence-corrected chi connectivity index (χ4v) is 7.15. The SMILES string of the molecule is CCOC(=O)c1ccc(N2C(=O)C3Sc4[nH]c(=O)sc4C(c4ccc(OC)c(OC)c4)C3C2=O)cc1.